The standard InChI is InChI=1S/C57H105NO3/c1-3-5-7-9-11-13-15-17-19-21-22-23-24-25-26-27-28-29-30-31-32-33-34-35-36-37-39-41-43-45-47-49-51-53-57(61)58-55(54-59)56(60)52-50-48-46-44-42-40-38-20-18-16-14-12-10-8-6-4-2/h18,20,22-23,25-26,42,44,50,52,55-56,59-60H,3-17,19,21,24,27-41,43,45-49,51,53-54H2,1-2H3,(H,58,61)/b20-18+,23-22-,26-25-,44-42+,52-50+. The number of aliphatic hydroxyl groups is 2. The number of carbonyl (C=O) groups excluding carboxylic acids is 1. The minimum atomic E-state index is -0.871. The Morgan fingerprint density at radius 2 is 0.689 bits per heavy atom. The third kappa shape index (κ3) is 49.0. The Labute approximate surface area is 381 Å². The van der Waals surface area contributed by atoms with Crippen molar-refractivity contribution in [2.75, 3.05) is 6.61 Å². The van der Waals surface area contributed by atoms with Crippen LogP contribution in [0.2, 0.25) is 0 Å². The highest BCUT2D eigenvalue weighted by atomic mass is 16.3. The molecule has 4 nitrogen and oxygen atoms in total. The van der Waals surface area contributed by atoms with Gasteiger partial charge in [0, 0.05) is 6.42 Å². The molecule has 0 rings (SSSR count). The van der Waals surface area contributed by atoms with Crippen LogP contribution in [0.3, 0.4) is 0 Å². The first-order valence-electron chi connectivity index (χ1n) is 27.0. The minimum absolute atomic E-state index is 0.0768. The Hall–Kier alpha value is -1.91. The summed E-state index contributed by atoms with van der Waals surface area (Å²) in [7, 11) is 0. The van der Waals surface area contributed by atoms with E-state index in [-0.39, 0.29) is 12.5 Å². The van der Waals surface area contributed by atoms with Crippen LogP contribution in [0.5, 0.6) is 0 Å². The van der Waals surface area contributed by atoms with Gasteiger partial charge >= 0.3 is 0 Å². The van der Waals surface area contributed by atoms with Crippen LogP contribution in [0.15, 0.2) is 60.8 Å². The number of amides is 1. The highest BCUT2D eigenvalue weighted by Crippen LogP contribution is 2.16. The lowest BCUT2D eigenvalue weighted by molar-refractivity contribution is -0.123. The Bertz CT molecular complexity index is 1010. The van der Waals surface area contributed by atoms with Gasteiger partial charge in [-0.2, -0.15) is 0 Å². The van der Waals surface area contributed by atoms with Crippen LogP contribution in [-0.2, 0) is 4.79 Å². The van der Waals surface area contributed by atoms with E-state index < -0.39 is 12.1 Å². The lowest BCUT2D eigenvalue weighted by Gasteiger charge is -2.19. The molecule has 0 heterocycles. The summed E-state index contributed by atoms with van der Waals surface area (Å²) in [6.45, 7) is 4.29. The van der Waals surface area contributed by atoms with E-state index in [1.807, 2.05) is 6.08 Å². The molecule has 1 amide bonds. The van der Waals surface area contributed by atoms with Crippen LogP contribution in [0, 0.1) is 0 Å². The Morgan fingerprint density at radius 3 is 1.05 bits per heavy atom. The summed E-state index contributed by atoms with van der Waals surface area (Å²) in [5.74, 6) is -0.0768. The van der Waals surface area contributed by atoms with E-state index in [9.17, 15) is 15.0 Å². The number of carbonyl (C=O) groups is 1. The minimum Gasteiger partial charge on any atom is -0.394 e. The van der Waals surface area contributed by atoms with Gasteiger partial charge in [0.25, 0.3) is 0 Å². The number of unbranched alkanes of at least 4 members (excludes halogenated alkanes) is 34. The third-order valence-electron chi connectivity index (χ3n) is 12.2. The molecule has 0 aromatic rings. The van der Waals surface area contributed by atoms with Crippen LogP contribution < -0.4 is 5.32 Å². The van der Waals surface area contributed by atoms with Gasteiger partial charge in [0.2, 0.25) is 5.91 Å². The molecule has 0 saturated heterocycles. The predicted molar refractivity (Wildman–Crippen MR) is 271 cm³/mol. The zero-order chi connectivity index (χ0) is 44.2. The van der Waals surface area contributed by atoms with Gasteiger partial charge in [0.1, 0.15) is 0 Å². The quantitative estimate of drug-likeness (QED) is 0.0422. The molecule has 0 radical (unpaired) electrons. The van der Waals surface area contributed by atoms with Crippen LogP contribution >= 0.6 is 0 Å². The molecule has 3 N–H and O–H groups in total. The summed E-state index contributed by atoms with van der Waals surface area (Å²) in [6, 6.07) is -0.646. The molecule has 0 aromatic carbocycles. The van der Waals surface area contributed by atoms with Crippen molar-refractivity contribution in [1.82, 2.24) is 5.32 Å². The number of allylic oxidation sites excluding steroid dienone is 9. The fraction of sp³-hybridized carbons (Fsp3) is 0.807. The second kappa shape index (κ2) is 52.4. The van der Waals surface area contributed by atoms with E-state index >= 15 is 0 Å². The van der Waals surface area contributed by atoms with Crippen molar-refractivity contribution in [2.45, 2.75) is 289 Å². The zero-order valence-corrected chi connectivity index (χ0v) is 40.9. The molecule has 2 atom stereocenters. The molecule has 0 aromatic heterocycles. The number of aliphatic hydroxyl groups excluding tert-OH is 2. The highest BCUT2D eigenvalue weighted by Gasteiger charge is 2.17. The molecule has 0 spiro atoms. The summed E-state index contributed by atoms with van der Waals surface area (Å²) >= 11 is 0. The van der Waals surface area contributed by atoms with Crippen LogP contribution in [-0.4, -0.2) is 34.9 Å². The Balaban J connectivity index is 3.50. The normalized spacial score (nSPS) is 13.3. The molecule has 61 heavy (non-hydrogen) atoms. The van der Waals surface area contributed by atoms with Crippen molar-refractivity contribution < 1.29 is 15.0 Å². The van der Waals surface area contributed by atoms with Gasteiger partial charge in [-0.25, -0.2) is 0 Å². The number of rotatable bonds is 49. The van der Waals surface area contributed by atoms with Crippen molar-refractivity contribution in [3.63, 3.8) is 0 Å². The van der Waals surface area contributed by atoms with E-state index in [0.717, 1.165) is 44.9 Å². The van der Waals surface area contributed by atoms with Gasteiger partial charge in [0.15, 0.2) is 0 Å². The maximum absolute atomic E-state index is 12.4. The smallest absolute Gasteiger partial charge is 0.220 e. The van der Waals surface area contributed by atoms with Gasteiger partial charge < -0.3 is 15.5 Å². The van der Waals surface area contributed by atoms with Crippen molar-refractivity contribution in [3.05, 3.63) is 60.8 Å². The first kappa shape index (κ1) is 59.1. The molecule has 0 aliphatic carbocycles. The Morgan fingerprint density at radius 1 is 0.393 bits per heavy atom. The summed E-state index contributed by atoms with van der Waals surface area (Å²) in [5, 5.41) is 23.1. The highest BCUT2D eigenvalue weighted by molar-refractivity contribution is 5.76. The van der Waals surface area contributed by atoms with Gasteiger partial charge in [-0.15, -0.1) is 0 Å². The average molecular weight is 852 g/mol. The van der Waals surface area contributed by atoms with Crippen molar-refractivity contribution >= 4 is 5.91 Å². The molecule has 2 unspecified atom stereocenters. The molecular formula is C57H105NO3. The maximum atomic E-state index is 12.4. The van der Waals surface area contributed by atoms with Crippen LogP contribution in [0.25, 0.3) is 0 Å². The van der Waals surface area contributed by atoms with Crippen LogP contribution in [0.4, 0.5) is 0 Å². The van der Waals surface area contributed by atoms with Crippen LogP contribution in [0.1, 0.15) is 277 Å². The summed E-state index contributed by atoms with van der Waals surface area (Å²) in [4.78, 5) is 12.4. The average Bonchev–Trinajstić information content (AvgIpc) is 3.26. The van der Waals surface area contributed by atoms with E-state index in [1.165, 1.54) is 212 Å². The van der Waals surface area contributed by atoms with E-state index in [4.69, 9.17) is 0 Å². The predicted octanol–water partition coefficient (Wildman–Crippen LogP) is 17.6. The molecule has 4 heteroatoms. The van der Waals surface area contributed by atoms with Gasteiger partial charge in [0.05, 0.1) is 18.8 Å². The maximum Gasteiger partial charge on any atom is 0.220 e. The summed E-state index contributed by atoms with van der Waals surface area (Å²) in [6.07, 6.45) is 73.8. The lowest BCUT2D eigenvalue weighted by atomic mass is 10.0. The van der Waals surface area contributed by atoms with E-state index in [2.05, 4.69) is 67.8 Å². The second-order valence-electron chi connectivity index (χ2n) is 18.3. The molecule has 0 saturated carbocycles. The summed E-state index contributed by atoms with van der Waals surface area (Å²) < 4.78 is 0. The third-order valence-corrected chi connectivity index (χ3v) is 12.2. The van der Waals surface area contributed by atoms with Gasteiger partial charge in [-0.05, 0) is 77.0 Å². The number of hydrogen-bond acceptors (Lipinski definition) is 3. The topological polar surface area (TPSA) is 69.6 Å². The molecule has 0 bridgehead atoms. The van der Waals surface area contributed by atoms with Gasteiger partial charge in [-0.3, -0.25) is 4.79 Å². The lowest BCUT2D eigenvalue weighted by Crippen LogP contribution is -2.45. The second-order valence-corrected chi connectivity index (χ2v) is 18.3. The molecule has 0 aliphatic rings. The van der Waals surface area contributed by atoms with Crippen molar-refractivity contribution in [2.24, 2.45) is 0 Å². The first-order chi connectivity index (χ1) is 30.2. The number of hydrogen-bond donors (Lipinski definition) is 3. The largest absolute Gasteiger partial charge is 0.394 e. The summed E-state index contributed by atoms with van der Waals surface area (Å²) in [5.41, 5.74) is 0. The fourth-order valence-electron chi connectivity index (χ4n) is 8.07. The molecule has 0 aliphatic heterocycles. The van der Waals surface area contributed by atoms with E-state index in [0.29, 0.717) is 6.42 Å². The molecule has 356 valence electrons. The van der Waals surface area contributed by atoms with Crippen molar-refractivity contribution in [1.29, 1.82) is 0 Å². The fourth-order valence-corrected chi connectivity index (χ4v) is 8.07. The first-order valence-corrected chi connectivity index (χ1v) is 27.0. The number of nitrogens with one attached hydrogen (secondary N) is 1. The van der Waals surface area contributed by atoms with Crippen molar-refractivity contribution in [3.8, 4) is 0 Å². The SMILES string of the molecule is CCCCCCCC/C=C/CC/C=C/CC/C=C/C(O)C(CO)NC(=O)CCCCCCCCCCCCCCCCCCC/C=C\C/C=C\CCCCCCCCCCC. The van der Waals surface area contributed by atoms with E-state index in [1.54, 1.807) is 6.08 Å². The molecular weight excluding hydrogens is 747 g/mol. The Kier molecular flexibility index (Phi) is 50.8. The monoisotopic (exact) mass is 852 g/mol. The van der Waals surface area contributed by atoms with Gasteiger partial charge in [-0.1, -0.05) is 254 Å². The zero-order valence-electron chi connectivity index (χ0n) is 40.9. The molecule has 0 fully saturated rings.